The lowest BCUT2D eigenvalue weighted by atomic mass is 9.84. The maximum Gasteiger partial charge on any atom is 0.0521 e. The highest BCUT2D eigenvalue weighted by Gasteiger charge is 2.16. The van der Waals surface area contributed by atoms with Crippen molar-refractivity contribution in [3.05, 3.63) is 0 Å². The summed E-state index contributed by atoms with van der Waals surface area (Å²) in [4.78, 5) is 0. The Hall–Kier alpha value is 0.660. The van der Waals surface area contributed by atoms with E-state index in [1.54, 1.807) is 0 Å². The van der Waals surface area contributed by atoms with E-state index in [-0.39, 0.29) is 0 Å². The van der Waals surface area contributed by atoms with Crippen molar-refractivity contribution in [3.63, 3.8) is 0 Å². The molecule has 0 atom stereocenters. The van der Waals surface area contributed by atoms with E-state index in [1.807, 2.05) is 11.8 Å². The first-order chi connectivity index (χ1) is 6.43. The minimum atomic E-state index is 0.331. The first kappa shape index (κ1) is 11.7. The van der Waals surface area contributed by atoms with Gasteiger partial charge >= 0.3 is 0 Å². The lowest BCUT2D eigenvalue weighted by Crippen LogP contribution is -2.11. The van der Waals surface area contributed by atoms with E-state index in [9.17, 15) is 0 Å². The predicted molar refractivity (Wildman–Crippen MR) is 63.7 cm³/mol. The van der Waals surface area contributed by atoms with Gasteiger partial charge in [0.1, 0.15) is 0 Å². The molecule has 1 rings (SSSR count). The molecule has 1 saturated carbocycles. The van der Waals surface area contributed by atoms with Gasteiger partial charge in [0.2, 0.25) is 0 Å². The molecule has 1 nitrogen and oxygen atoms in total. The highest BCUT2D eigenvalue weighted by molar-refractivity contribution is 8.02. The van der Waals surface area contributed by atoms with Crippen molar-refractivity contribution in [1.29, 1.82) is 0 Å². The highest BCUT2D eigenvalue weighted by Crippen LogP contribution is 2.30. The molecule has 0 spiro atoms. The van der Waals surface area contributed by atoms with E-state index >= 15 is 0 Å². The molecular weight excluding hydrogens is 200 g/mol. The molecule has 1 fully saturated rings. The van der Waals surface area contributed by atoms with Crippen molar-refractivity contribution in [2.24, 2.45) is 5.92 Å². The van der Waals surface area contributed by atoms with Crippen LogP contribution in [-0.4, -0.2) is 34.7 Å². The molecule has 3 heteroatoms. The van der Waals surface area contributed by atoms with Gasteiger partial charge in [0.05, 0.1) is 6.61 Å². The molecule has 0 bridgehead atoms. The molecule has 0 aromatic rings. The van der Waals surface area contributed by atoms with E-state index in [4.69, 9.17) is 5.11 Å². The average molecular weight is 220 g/mol. The quantitative estimate of drug-likeness (QED) is 0.635. The van der Waals surface area contributed by atoms with Gasteiger partial charge in [0, 0.05) is 17.3 Å². The van der Waals surface area contributed by atoms with Gasteiger partial charge in [0.15, 0.2) is 0 Å². The fourth-order valence-electron chi connectivity index (χ4n) is 1.42. The molecule has 0 aromatic carbocycles. The Morgan fingerprint density at radius 1 is 1.00 bits per heavy atom. The summed E-state index contributed by atoms with van der Waals surface area (Å²) >= 11 is 3.94. The maximum atomic E-state index is 8.55. The largest absolute Gasteiger partial charge is 0.396 e. The van der Waals surface area contributed by atoms with Crippen LogP contribution in [0.15, 0.2) is 0 Å². The standard InChI is InChI=1S/C10H20OS2/c11-5-7-13-9-8-12-6-4-10-2-1-3-10/h10-11H,1-9H2. The van der Waals surface area contributed by atoms with Crippen LogP contribution in [0.2, 0.25) is 0 Å². The van der Waals surface area contributed by atoms with Crippen molar-refractivity contribution in [3.8, 4) is 0 Å². The lowest BCUT2D eigenvalue weighted by Gasteiger charge is -2.24. The number of hydrogen-bond donors (Lipinski definition) is 1. The third kappa shape index (κ3) is 5.87. The molecular formula is C10H20OS2. The van der Waals surface area contributed by atoms with E-state index in [2.05, 4.69) is 11.8 Å². The van der Waals surface area contributed by atoms with Gasteiger partial charge in [-0.2, -0.15) is 23.5 Å². The van der Waals surface area contributed by atoms with Crippen molar-refractivity contribution in [2.45, 2.75) is 25.7 Å². The Morgan fingerprint density at radius 2 is 1.69 bits per heavy atom. The van der Waals surface area contributed by atoms with Crippen LogP contribution >= 0.6 is 23.5 Å². The zero-order chi connectivity index (χ0) is 9.36. The van der Waals surface area contributed by atoms with E-state index in [1.165, 1.54) is 42.9 Å². The molecule has 1 aliphatic rings. The Kier molecular flexibility index (Phi) is 7.23. The van der Waals surface area contributed by atoms with Crippen molar-refractivity contribution in [1.82, 2.24) is 0 Å². The van der Waals surface area contributed by atoms with Crippen LogP contribution in [0, 0.1) is 5.92 Å². The third-order valence-corrected chi connectivity index (χ3v) is 4.74. The second kappa shape index (κ2) is 8.01. The lowest BCUT2D eigenvalue weighted by molar-refractivity contribution is 0.309. The molecule has 1 N–H and O–H groups in total. The zero-order valence-electron chi connectivity index (χ0n) is 8.21. The molecule has 0 radical (unpaired) electrons. The van der Waals surface area contributed by atoms with Crippen molar-refractivity contribution < 1.29 is 5.11 Å². The molecule has 0 aromatic heterocycles. The predicted octanol–water partition coefficient (Wildman–Crippen LogP) is 2.64. The molecule has 0 saturated heterocycles. The fraction of sp³-hybridized carbons (Fsp3) is 1.00. The van der Waals surface area contributed by atoms with Gasteiger partial charge < -0.3 is 5.11 Å². The van der Waals surface area contributed by atoms with Gasteiger partial charge in [-0.25, -0.2) is 0 Å². The summed E-state index contributed by atoms with van der Waals surface area (Å²) in [7, 11) is 0. The van der Waals surface area contributed by atoms with E-state index in [0.29, 0.717) is 6.61 Å². The molecule has 0 heterocycles. The third-order valence-electron chi connectivity index (χ3n) is 2.50. The van der Waals surface area contributed by atoms with Crippen LogP contribution in [0.3, 0.4) is 0 Å². The molecule has 0 unspecified atom stereocenters. The van der Waals surface area contributed by atoms with Crippen LogP contribution in [0.1, 0.15) is 25.7 Å². The Labute approximate surface area is 90.1 Å². The minimum absolute atomic E-state index is 0.331. The Morgan fingerprint density at radius 3 is 2.23 bits per heavy atom. The molecule has 13 heavy (non-hydrogen) atoms. The Balaban J connectivity index is 1.68. The average Bonchev–Trinajstić information content (AvgIpc) is 2.07. The summed E-state index contributed by atoms with van der Waals surface area (Å²) in [5, 5.41) is 8.55. The van der Waals surface area contributed by atoms with Crippen LogP contribution < -0.4 is 0 Å². The summed E-state index contributed by atoms with van der Waals surface area (Å²) in [6.45, 7) is 0.331. The number of aliphatic hydroxyl groups excluding tert-OH is 1. The van der Waals surface area contributed by atoms with Crippen molar-refractivity contribution in [2.75, 3.05) is 29.6 Å². The van der Waals surface area contributed by atoms with Gasteiger partial charge in [0.25, 0.3) is 0 Å². The van der Waals surface area contributed by atoms with Crippen LogP contribution in [0.25, 0.3) is 0 Å². The number of hydrogen-bond acceptors (Lipinski definition) is 3. The fourth-order valence-corrected chi connectivity index (χ4v) is 3.40. The highest BCUT2D eigenvalue weighted by atomic mass is 32.2. The van der Waals surface area contributed by atoms with Crippen LogP contribution in [-0.2, 0) is 0 Å². The number of aliphatic hydroxyl groups is 1. The smallest absolute Gasteiger partial charge is 0.0521 e. The monoisotopic (exact) mass is 220 g/mol. The summed E-state index contributed by atoms with van der Waals surface area (Å²) < 4.78 is 0. The zero-order valence-corrected chi connectivity index (χ0v) is 9.84. The first-order valence-corrected chi connectivity index (χ1v) is 7.51. The molecule has 0 amide bonds. The van der Waals surface area contributed by atoms with Gasteiger partial charge in [-0.05, 0) is 18.1 Å². The topological polar surface area (TPSA) is 20.2 Å². The van der Waals surface area contributed by atoms with E-state index < -0.39 is 0 Å². The van der Waals surface area contributed by atoms with E-state index in [0.717, 1.165) is 11.7 Å². The van der Waals surface area contributed by atoms with Gasteiger partial charge in [-0.1, -0.05) is 19.3 Å². The van der Waals surface area contributed by atoms with Gasteiger partial charge in [-0.15, -0.1) is 0 Å². The summed E-state index contributed by atoms with van der Waals surface area (Å²) in [5.41, 5.74) is 0. The molecule has 1 aliphatic carbocycles. The Bertz CT molecular complexity index is 115. The second-order valence-electron chi connectivity index (χ2n) is 3.53. The molecule has 78 valence electrons. The van der Waals surface area contributed by atoms with Crippen LogP contribution in [0.4, 0.5) is 0 Å². The summed E-state index contributed by atoms with van der Waals surface area (Å²) in [6.07, 6.45) is 5.89. The van der Waals surface area contributed by atoms with Crippen LogP contribution in [0.5, 0.6) is 0 Å². The maximum absolute atomic E-state index is 8.55. The normalized spacial score (nSPS) is 17.3. The second-order valence-corrected chi connectivity index (χ2v) is 5.98. The number of rotatable bonds is 8. The molecule has 0 aliphatic heterocycles. The first-order valence-electron chi connectivity index (χ1n) is 5.20. The SMILES string of the molecule is OCCSCCSCCC1CCC1. The summed E-state index contributed by atoms with van der Waals surface area (Å²) in [6, 6.07) is 0. The number of thioether (sulfide) groups is 2. The minimum Gasteiger partial charge on any atom is -0.396 e. The summed E-state index contributed by atoms with van der Waals surface area (Å²) in [5.74, 6) is 5.79. The van der Waals surface area contributed by atoms with Crippen molar-refractivity contribution >= 4 is 23.5 Å². The van der Waals surface area contributed by atoms with Gasteiger partial charge in [-0.3, -0.25) is 0 Å².